The third-order valence-electron chi connectivity index (χ3n) is 2.91. The van der Waals surface area contributed by atoms with Crippen molar-refractivity contribution >= 4 is 5.78 Å². The third kappa shape index (κ3) is 4.15. The number of aryl methyl sites for hydroxylation is 1. The fraction of sp³-hybridized carbons (Fsp3) is 0.500. The molecular weight excluding hydrogens is 198 g/mol. The van der Waals surface area contributed by atoms with E-state index in [1.165, 1.54) is 12.0 Å². The van der Waals surface area contributed by atoms with Gasteiger partial charge in [-0.15, -0.1) is 0 Å². The number of hydrogen-bond acceptors (Lipinski definition) is 2. The van der Waals surface area contributed by atoms with Crippen LogP contribution < -0.4 is 0 Å². The summed E-state index contributed by atoms with van der Waals surface area (Å²) in [5.74, 6) is 0.136. The van der Waals surface area contributed by atoms with Crippen LogP contribution in [0.15, 0.2) is 24.3 Å². The van der Waals surface area contributed by atoms with Crippen molar-refractivity contribution in [2.24, 2.45) is 0 Å². The SMILES string of the molecule is CCN(C)CCCc1ccc(C(C)=O)cc1. The van der Waals surface area contributed by atoms with Crippen LogP contribution in [0.2, 0.25) is 0 Å². The molecule has 0 saturated carbocycles. The normalized spacial score (nSPS) is 10.8. The van der Waals surface area contributed by atoms with Crippen molar-refractivity contribution in [1.82, 2.24) is 4.90 Å². The maximum Gasteiger partial charge on any atom is 0.159 e. The first-order valence-corrected chi connectivity index (χ1v) is 5.92. The highest BCUT2D eigenvalue weighted by molar-refractivity contribution is 5.93. The fourth-order valence-corrected chi connectivity index (χ4v) is 1.62. The van der Waals surface area contributed by atoms with E-state index in [0.29, 0.717) is 0 Å². The van der Waals surface area contributed by atoms with E-state index in [9.17, 15) is 4.79 Å². The lowest BCUT2D eigenvalue weighted by molar-refractivity contribution is 0.101. The summed E-state index contributed by atoms with van der Waals surface area (Å²) >= 11 is 0. The summed E-state index contributed by atoms with van der Waals surface area (Å²) in [6.07, 6.45) is 2.26. The molecule has 16 heavy (non-hydrogen) atoms. The van der Waals surface area contributed by atoms with Crippen molar-refractivity contribution in [3.05, 3.63) is 35.4 Å². The molecule has 0 aliphatic carbocycles. The van der Waals surface area contributed by atoms with Crippen LogP contribution in [-0.2, 0) is 6.42 Å². The number of rotatable bonds is 6. The molecule has 1 rings (SSSR count). The summed E-state index contributed by atoms with van der Waals surface area (Å²) < 4.78 is 0. The highest BCUT2D eigenvalue weighted by Crippen LogP contribution is 2.07. The van der Waals surface area contributed by atoms with Gasteiger partial charge in [0, 0.05) is 5.56 Å². The van der Waals surface area contributed by atoms with Crippen molar-refractivity contribution in [2.45, 2.75) is 26.7 Å². The second-order valence-corrected chi connectivity index (χ2v) is 4.25. The van der Waals surface area contributed by atoms with Gasteiger partial charge in [0.1, 0.15) is 0 Å². The molecule has 1 aromatic rings. The van der Waals surface area contributed by atoms with Crippen LogP contribution >= 0.6 is 0 Å². The maximum atomic E-state index is 11.1. The first-order chi connectivity index (χ1) is 7.63. The van der Waals surface area contributed by atoms with Crippen LogP contribution in [0.25, 0.3) is 0 Å². The zero-order valence-corrected chi connectivity index (χ0v) is 10.5. The van der Waals surface area contributed by atoms with E-state index < -0.39 is 0 Å². The Labute approximate surface area is 98.3 Å². The van der Waals surface area contributed by atoms with Crippen LogP contribution in [0.4, 0.5) is 0 Å². The smallest absolute Gasteiger partial charge is 0.159 e. The van der Waals surface area contributed by atoms with Gasteiger partial charge >= 0.3 is 0 Å². The molecule has 0 aliphatic rings. The minimum atomic E-state index is 0.136. The van der Waals surface area contributed by atoms with Gasteiger partial charge in [-0.3, -0.25) is 4.79 Å². The molecule has 2 nitrogen and oxygen atoms in total. The average Bonchev–Trinajstić information content (AvgIpc) is 2.29. The van der Waals surface area contributed by atoms with Gasteiger partial charge in [-0.2, -0.15) is 0 Å². The Hall–Kier alpha value is -1.15. The molecule has 2 heteroatoms. The molecule has 0 heterocycles. The van der Waals surface area contributed by atoms with Gasteiger partial charge in [-0.05, 0) is 45.5 Å². The molecule has 0 bridgehead atoms. The quantitative estimate of drug-likeness (QED) is 0.686. The number of hydrogen-bond donors (Lipinski definition) is 0. The molecule has 0 radical (unpaired) electrons. The minimum Gasteiger partial charge on any atom is -0.307 e. The molecule has 0 N–H and O–H groups in total. The predicted octanol–water partition coefficient (Wildman–Crippen LogP) is 2.77. The molecule has 0 saturated heterocycles. The fourth-order valence-electron chi connectivity index (χ4n) is 1.62. The molecule has 0 unspecified atom stereocenters. The standard InChI is InChI=1S/C14H21NO/c1-4-15(3)11-5-6-13-7-9-14(10-8-13)12(2)16/h7-10H,4-6,11H2,1-3H3. The summed E-state index contributed by atoms with van der Waals surface area (Å²) in [5, 5.41) is 0. The summed E-state index contributed by atoms with van der Waals surface area (Å²) in [6.45, 7) is 6.00. The van der Waals surface area contributed by atoms with Gasteiger partial charge in [-0.1, -0.05) is 31.2 Å². The van der Waals surface area contributed by atoms with E-state index >= 15 is 0 Å². The van der Waals surface area contributed by atoms with Crippen molar-refractivity contribution in [2.75, 3.05) is 20.1 Å². The average molecular weight is 219 g/mol. The van der Waals surface area contributed by atoms with Gasteiger partial charge < -0.3 is 4.90 Å². The second-order valence-electron chi connectivity index (χ2n) is 4.25. The second kappa shape index (κ2) is 6.44. The Bertz CT molecular complexity index is 329. The lowest BCUT2D eigenvalue weighted by Gasteiger charge is -2.13. The molecule has 0 spiro atoms. The van der Waals surface area contributed by atoms with Gasteiger partial charge in [0.25, 0.3) is 0 Å². The van der Waals surface area contributed by atoms with Crippen LogP contribution in [0.5, 0.6) is 0 Å². The van der Waals surface area contributed by atoms with Crippen LogP contribution in [0, 0.1) is 0 Å². The van der Waals surface area contributed by atoms with E-state index in [4.69, 9.17) is 0 Å². The van der Waals surface area contributed by atoms with Gasteiger partial charge in [0.15, 0.2) is 5.78 Å². The van der Waals surface area contributed by atoms with Crippen LogP contribution in [-0.4, -0.2) is 30.8 Å². The van der Waals surface area contributed by atoms with E-state index in [2.05, 4.69) is 31.0 Å². The van der Waals surface area contributed by atoms with Gasteiger partial charge in [-0.25, -0.2) is 0 Å². The molecule has 0 fully saturated rings. The number of Topliss-reactive ketones (excluding diaryl/α,β-unsaturated/α-hetero) is 1. The zero-order chi connectivity index (χ0) is 12.0. The Balaban J connectivity index is 2.40. The van der Waals surface area contributed by atoms with Crippen molar-refractivity contribution in [3.8, 4) is 0 Å². The number of benzene rings is 1. The van der Waals surface area contributed by atoms with Crippen molar-refractivity contribution < 1.29 is 4.79 Å². The Morgan fingerprint density at radius 3 is 2.38 bits per heavy atom. The first kappa shape index (κ1) is 12.9. The lowest BCUT2D eigenvalue weighted by atomic mass is 10.1. The molecule has 0 aromatic heterocycles. The summed E-state index contributed by atoms with van der Waals surface area (Å²) in [4.78, 5) is 13.4. The molecule has 0 atom stereocenters. The first-order valence-electron chi connectivity index (χ1n) is 5.92. The predicted molar refractivity (Wildman–Crippen MR) is 67.9 cm³/mol. The number of carbonyl (C=O) groups is 1. The Morgan fingerprint density at radius 1 is 1.25 bits per heavy atom. The monoisotopic (exact) mass is 219 g/mol. The van der Waals surface area contributed by atoms with Crippen molar-refractivity contribution in [1.29, 1.82) is 0 Å². The van der Waals surface area contributed by atoms with Crippen molar-refractivity contribution in [3.63, 3.8) is 0 Å². The lowest BCUT2D eigenvalue weighted by Crippen LogP contribution is -2.19. The Kier molecular flexibility index (Phi) is 5.20. The third-order valence-corrected chi connectivity index (χ3v) is 2.91. The molecule has 1 aromatic carbocycles. The summed E-state index contributed by atoms with van der Waals surface area (Å²) in [7, 11) is 2.14. The largest absolute Gasteiger partial charge is 0.307 e. The highest BCUT2D eigenvalue weighted by atomic mass is 16.1. The van der Waals surface area contributed by atoms with E-state index in [-0.39, 0.29) is 5.78 Å². The topological polar surface area (TPSA) is 20.3 Å². The van der Waals surface area contributed by atoms with Gasteiger partial charge in [0.2, 0.25) is 0 Å². The highest BCUT2D eigenvalue weighted by Gasteiger charge is 1.99. The summed E-state index contributed by atoms with van der Waals surface area (Å²) in [6, 6.07) is 7.95. The molecule has 88 valence electrons. The molecular formula is C14H21NO. The summed E-state index contributed by atoms with van der Waals surface area (Å²) in [5.41, 5.74) is 2.11. The number of ketones is 1. The van der Waals surface area contributed by atoms with E-state index in [1.807, 2.05) is 12.1 Å². The number of nitrogens with zero attached hydrogens (tertiary/aromatic N) is 1. The van der Waals surface area contributed by atoms with Crippen LogP contribution in [0.1, 0.15) is 36.2 Å². The van der Waals surface area contributed by atoms with Gasteiger partial charge in [0.05, 0.1) is 0 Å². The van der Waals surface area contributed by atoms with Crippen LogP contribution in [0.3, 0.4) is 0 Å². The molecule has 0 aliphatic heterocycles. The number of carbonyl (C=O) groups excluding carboxylic acids is 1. The van der Waals surface area contributed by atoms with E-state index in [1.54, 1.807) is 6.92 Å². The minimum absolute atomic E-state index is 0.136. The zero-order valence-electron chi connectivity index (χ0n) is 10.5. The molecule has 0 amide bonds. The maximum absolute atomic E-state index is 11.1. The van der Waals surface area contributed by atoms with E-state index in [0.717, 1.165) is 25.1 Å². The Morgan fingerprint density at radius 2 is 1.88 bits per heavy atom.